The Balaban J connectivity index is 2.24. The topological polar surface area (TPSA) is 123 Å². The van der Waals surface area contributed by atoms with Crippen molar-refractivity contribution >= 4 is 5.97 Å². The summed E-state index contributed by atoms with van der Waals surface area (Å²) in [6.07, 6.45) is 1.69. The summed E-state index contributed by atoms with van der Waals surface area (Å²) in [6.45, 7) is 1.89. The van der Waals surface area contributed by atoms with E-state index >= 15 is 0 Å². The van der Waals surface area contributed by atoms with Gasteiger partial charge in [0.1, 0.15) is 5.75 Å². The maximum atomic E-state index is 10.9. The highest BCUT2D eigenvalue weighted by atomic mass is 16.5. The highest BCUT2D eigenvalue weighted by molar-refractivity contribution is 5.85. The second-order valence-electron chi connectivity index (χ2n) is 4.76. The second kappa shape index (κ2) is 7.67. The zero-order chi connectivity index (χ0) is 17.5. The van der Waals surface area contributed by atoms with Crippen LogP contribution in [0.1, 0.15) is 16.8 Å². The molecule has 0 saturated carbocycles. The molecule has 24 heavy (non-hydrogen) atoms. The van der Waals surface area contributed by atoms with Gasteiger partial charge in [0, 0.05) is 23.0 Å². The molecule has 0 amide bonds. The lowest BCUT2D eigenvalue weighted by Gasteiger charge is -2.10. The van der Waals surface area contributed by atoms with Gasteiger partial charge in [0.25, 0.3) is 0 Å². The van der Waals surface area contributed by atoms with Crippen molar-refractivity contribution in [2.75, 3.05) is 0 Å². The summed E-state index contributed by atoms with van der Waals surface area (Å²) < 4.78 is 5.36. The predicted molar refractivity (Wildman–Crippen MR) is 88.2 cm³/mol. The number of ether oxygens (including phenoxy) is 1. The first-order valence-electron chi connectivity index (χ1n) is 6.92. The Hall–Kier alpha value is -3.50. The van der Waals surface area contributed by atoms with Gasteiger partial charge in [-0.05, 0) is 37.3 Å². The normalized spacial score (nSPS) is 10.9. The number of nitrogens with zero attached hydrogens (tertiary/aromatic N) is 1. The molecule has 0 bridgehead atoms. The van der Waals surface area contributed by atoms with Crippen LogP contribution in [0.25, 0.3) is 0 Å². The first kappa shape index (κ1) is 16.9. The maximum absolute atomic E-state index is 10.9. The van der Waals surface area contributed by atoms with Crippen molar-refractivity contribution in [2.24, 2.45) is 11.6 Å². The van der Waals surface area contributed by atoms with Gasteiger partial charge >= 0.3 is 5.97 Å². The fourth-order valence-electron chi connectivity index (χ4n) is 1.78. The zero-order valence-electron chi connectivity index (χ0n) is 12.9. The number of aromatic nitrogens is 1. The summed E-state index contributed by atoms with van der Waals surface area (Å²) >= 11 is 0. The number of benzene rings is 1. The van der Waals surface area contributed by atoms with E-state index in [1.54, 1.807) is 30.5 Å². The number of carboxylic acid groups (broad SMARTS) is 1. The van der Waals surface area contributed by atoms with Gasteiger partial charge in [-0.2, -0.15) is 0 Å². The maximum Gasteiger partial charge on any atom is 0.357 e. The number of aliphatic carboxylic acids is 1. The molecule has 0 fully saturated rings. The number of rotatable bonds is 4. The smallest absolute Gasteiger partial charge is 0.357 e. The van der Waals surface area contributed by atoms with Gasteiger partial charge in [-0.25, -0.2) is 10.6 Å². The number of carboxylic acids is 1. The van der Waals surface area contributed by atoms with Crippen LogP contribution in [-0.2, 0) is 4.79 Å². The number of hydrazine groups is 1. The lowest BCUT2D eigenvalue weighted by Crippen LogP contribution is -2.31. The highest BCUT2D eigenvalue weighted by Crippen LogP contribution is 2.15. The molecule has 2 aromatic rings. The van der Waals surface area contributed by atoms with Crippen molar-refractivity contribution in [3.05, 3.63) is 71.0 Å². The molecule has 1 heterocycles. The third-order valence-electron chi connectivity index (χ3n) is 2.91. The van der Waals surface area contributed by atoms with E-state index in [9.17, 15) is 4.79 Å². The quantitative estimate of drug-likeness (QED) is 0.216. The first-order chi connectivity index (χ1) is 11.5. The molecule has 0 saturated heterocycles. The average molecular weight is 324 g/mol. The number of hydrogen-bond acceptors (Lipinski definition) is 6. The summed E-state index contributed by atoms with van der Waals surface area (Å²) in [7, 11) is 0. The fraction of sp³-hybridized carbons (Fsp3) is 0.0588. The van der Waals surface area contributed by atoms with Crippen LogP contribution in [0.15, 0.2) is 54.2 Å². The molecule has 0 radical (unpaired) electrons. The van der Waals surface area contributed by atoms with E-state index in [0.29, 0.717) is 11.3 Å². The van der Waals surface area contributed by atoms with Gasteiger partial charge in [-0.3, -0.25) is 10.4 Å². The third kappa shape index (κ3) is 4.50. The Bertz CT molecular complexity index is 850. The summed E-state index contributed by atoms with van der Waals surface area (Å²) in [5.41, 5.74) is 9.39. The monoisotopic (exact) mass is 324 g/mol. The molecular formula is C17H16N4O3. The summed E-state index contributed by atoms with van der Waals surface area (Å²) in [4.78, 5) is 15.0. The molecule has 0 spiro atoms. The van der Waals surface area contributed by atoms with E-state index in [1.165, 1.54) is 0 Å². The molecular weight excluding hydrogens is 308 g/mol. The predicted octanol–water partition coefficient (Wildman–Crippen LogP) is 0.844. The van der Waals surface area contributed by atoms with Crippen LogP contribution in [0.3, 0.4) is 0 Å². The number of hydrogen-bond donors (Lipinski definition) is 4. The molecule has 0 aliphatic heterocycles. The van der Waals surface area contributed by atoms with Crippen molar-refractivity contribution in [3.63, 3.8) is 0 Å². The molecule has 0 unspecified atom stereocenters. The zero-order valence-corrected chi connectivity index (χ0v) is 12.9. The van der Waals surface area contributed by atoms with Gasteiger partial charge in [-0.15, -0.1) is 0 Å². The minimum absolute atomic E-state index is 0.252. The summed E-state index contributed by atoms with van der Waals surface area (Å²) in [5.74, 6) is 10.0. The first-order valence-corrected chi connectivity index (χ1v) is 6.92. The SMILES string of the molecule is Cc1cc(C#Cc2cccc(O/C(NN)=C(/N)C(=O)O)c2)ccn1. The Morgan fingerprint density at radius 3 is 2.58 bits per heavy atom. The second-order valence-corrected chi connectivity index (χ2v) is 4.76. The van der Waals surface area contributed by atoms with Gasteiger partial charge < -0.3 is 15.6 Å². The molecule has 6 N–H and O–H groups in total. The Morgan fingerprint density at radius 1 is 1.25 bits per heavy atom. The molecule has 122 valence electrons. The third-order valence-corrected chi connectivity index (χ3v) is 2.91. The van der Waals surface area contributed by atoms with Crippen molar-refractivity contribution in [1.82, 2.24) is 10.4 Å². The van der Waals surface area contributed by atoms with Crippen LogP contribution in [0.5, 0.6) is 5.75 Å². The summed E-state index contributed by atoms with van der Waals surface area (Å²) in [5, 5.41) is 8.86. The Labute approximate surface area is 138 Å². The van der Waals surface area contributed by atoms with Crippen LogP contribution in [0.4, 0.5) is 0 Å². The molecule has 0 aliphatic carbocycles. The highest BCUT2D eigenvalue weighted by Gasteiger charge is 2.12. The van der Waals surface area contributed by atoms with Crippen molar-refractivity contribution in [3.8, 4) is 17.6 Å². The van der Waals surface area contributed by atoms with Gasteiger partial charge in [0.2, 0.25) is 5.88 Å². The van der Waals surface area contributed by atoms with E-state index in [1.807, 2.05) is 19.1 Å². The van der Waals surface area contributed by atoms with Crippen LogP contribution >= 0.6 is 0 Å². The van der Waals surface area contributed by atoms with E-state index < -0.39 is 11.7 Å². The number of aryl methyl sites for hydroxylation is 1. The Morgan fingerprint density at radius 2 is 1.96 bits per heavy atom. The number of nitrogens with one attached hydrogen (secondary N) is 1. The van der Waals surface area contributed by atoms with E-state index in [0.717, 1.165) is 11.3 Å². The summed E-state index contributed by atoms with van der Waals surface area (Å²) in [6, 6.07) is 10.5. The number of carbonyl (C=O) groups is 1. The van der Waals surface area contributed by atoms with Gasteiger partial charge in [0.15, 0.2) is 5.70 Å². The fourth-order valence-corrected chi connectivity index (χ4v) is 1.78. The van der Waals surface area contributed by atoms with E-state index in [-0.39, 0.29) is 5.88 Å². The van der Waals surface area contributed by atoms with Gasteiger partial charge in [0.05, 0.1) is 0 Å². The Kier molecular flexibility index (Phi) is 5.39. The van der Waals surface area contributed by atoms with Crippen molar-refractivity contribution in [1.29, 1.82) is 0 Å². The molecule has 7 nitrogen and oxygen atoms in total. The number of pyridine rings is 1. The minimum atomic E-state index is -1.34. The lowest BCUT2D eigenvalue weighted by molar-refractivity contribution is -0.132. The minimum Gasteiger partial charge on any atom is -0.476 e. The largest absolute Gasteiger partial charge is 0.476 e. The van der Waals surface area contributed by atoms with E-state index in [2.05, 4.69) is 22.3 Å². The molecule has 1 aromatic carbocycles. The molecule has 1 aromatic heterocycles. The van der Waals surface area contributed by atoms with Crippen molar-refractivity contribution in [2.45, 2.75) is 6.92 Å². The number of nitrogens with two attached hydrogens (primary N) is 2. The molecule has 0 atom stereocenters. The van der Waals surface area contributed by atoms with Crippen LogP contribution in [-0.4, -0.2) is 16.1 Å². The van der Waals surface area contributed by atoms with Crippen LogP contribution in [0.2, 0.25) is 0 Å². The average Bonchev–Trinajstić information content (AvgIpc) is 2.57. The molecule has 0 aliphatic rings. The lowest BCUT2D eigenvalue weighted by atomic mass is 10.2. The standard InChI is InChI=1S/C17H16N4O3/c1-11-9-13(7-8-20-11)6-5-12-3-2-4-14(10-12)24-16(21-19)15(18)17(22)23/h2-4,7-10,21H,18-19H2,1H3,(H,22,23)/b16-15+. The molecule has 2 rings (SSSR count). The molecule has 7 heteroatoms. The van der Waals surface area contributed by atoms with Crippen LogP contribution in [0, 0.1) is 18.8 Å². The van der Waals surface area contributed by atoms with E-state index in [4.69, 9.17) is 21.4 Å². The van der Waals surface area contributed by atoms with Crippen molar-refractivity contribution < 1.29 is 14.6 Å². The van der Waals surface area contributed by atoms with Crippen LogP contribution < -0.4 is 21.7 Å². The van der Waals surface area contributed by atoms with Gasteiger partial charge in [-0.1, -0.05) is 17.9 Å².